The molecule has 1 unspecified atom stereocenters. The molecule has 1 heterocycles. The molecule has 0 radical (unpaired) electrons. The molecular formula is C17H15IO2S2. The van der Waals surface area contributed by atoms with Gasteiger partial charge in [0.05, 0.1) is 23.2 Å². The van der Waals surface area contributed by atoms with E-state index in [1.54, 1.807) is 26.0 Å². The highest BCUT2D eigenvalue weighted by Gasteiger charge is 2.43. The van der Waals surface area contributed by atoms with Crippen LogP contribution in [0.3, 0.4) is 0 Å². The Bertz CT molecular complexity index is 715. The predicted molar refractivity (Wildman–Crippen MR) is 105 cm³/mol. The molecule has 2 aromatic carbocycles. The van der Waals surface area contributed by atoms with Crippen LogP contribution in [0.5, 0.6) is 11.5 Å². The summed E-state index contributed by atoms with van der Waals surface area (Å²) in [5.41, 5.74) is 3.62. The van der Waals surface area contributed by atoms with E-state index in [0.29, 0.717) is 0 Å². The van der Waals surface area contributed by atoms with Crippen molar-refractivity contribution >= 4 is 50.8 Å². The van der Waals surface area contributed by atoms with Gasteiger partial charge in [0.15, 0.2) is 0 Å². The summed E-state index contributed by atoms with van der Waals surface area (Å²) >= 11 is 9.81. The van der Waals surface area contributed by atoms with Crippen LogP contribution >= 0.6 is 46.6 Å². The van der Waals surface area contributed by atoms with Gasteiger partial charge in [-0.15, -0.1) is 0 Å². The van der Waals surface area contributed by atoms with Crippen LogP contribution in [0.25, 0.3) is 0 Å². The molecule has 5 heteroatoms. The number of fused-ring (bicyclic) bond motifs is 1. The topological polar surface area (TPSA) is 18.5 Å². The third-order valence-electron chi connectivity index (χ3n) is 3.89. The molecule has 0 N–H and O–H groups in total. The number of hydrogen-bond acceptors (Lipinski definition) is 4. The van der Waals surface area contributed by atoms with E-state index < -0.39 is 0 Å². The van der Waals surface area contributed by atoms with E-state index in [4.69, 9.17) is 21.7 Å². The van der Waals surface area contributed by atoms with Gasteiger partial charge < -0.3 is 9.47 Å². The van der Waals surface area contributed by atoms with Crippen molar-refractivity contribution in [1.82, 2.24) is 0 Å². The number of ether oxygens (including phenoxy) is 2. The molecule has 0 saturated carbocycles. The SMILES string of the molecule is COc1ccc(C2(CI)SC(=S)c3ccc(OC)cc32)cc1. The summed E-state index contributed by atoms with van der Waals surface area (Å²) in [5.74, 6) is 1.73. The Hall–Kier alpha value is -0.790. The van der Waals surface area contributed by atoms with Crippen LogP contribution in [0.2, 0.25) is 0 Å². The summed E-state index contributed by atoms with van der Waals surface area (Å²) in [6, 6.07) is 14.4. The van der Waals surface area contributed by atoms with Gasteiger partial charge in [0, 0.05) is 9.99 Å². The molecule has 114 valence electrons. The first-order valence-electron chi connectivity index (χ1n) is 6.77. The molecule has 2 aromatic rings. The Morgan fingerprint density at radius 3 is 2.27 bits per heavy atom. The molecule has 0 spiro atoms. The molecule has 1 aliphatic rings. The van der Waals surface area contributed by atoms with E-state index in [-0.39, 0.29) is 4.75 Å². The number of alkyl halides is 1. The number of halogens is 1. The van der Waals surface area contributed by atoms with Gasteiger partial charge in [0.1, 0.15) is 11.5 Å². The maximum Gasteiger partial charge on any atom is 0.119 e. The van der Waals surface area contributed by atoms with Crippen LogP contribution in [-0.4, -0.2) is 22.8 Å². The van der Waals surface area contributed by atoms with Gasteiger partial charge in [-0.25, -0.2) is 0 Å². The van der Waals surface area contributed by atoms with Crippen molar-refractivity contribution in [2.45, 2.75) is 4.75 Å². The lowest BCUT2D eigenvalue weighted by Gasteiger charge is -2.28. The van der Waals surface area contributed by atoms with Crippen molar-refractivity contribution in [2.75, 3.05) is 18.6 Å². The lowest BCUT2D eigenvalue weighted by Crippen LogP contribution is -2.23. The van der Waals surface area contributed by atoms with Crippen LogP contribution in [0, 0.1) is 0 Å². The summed E-state index contributed by atoms with van der Waals surface area (Å²) < 4.78 is 12.4. The molecule has 0 aliphatic carbocycles. The zero-order chi connectivity index (χ0) is 15.7. The zero-order valence-electron chi connectivity index (χ0n) is 12.3. The Morgan fingerprint density at radius 1 is 1.05 bits per heavy atom. The van der Waals surface area contributed by atoms with Crippen molar-refractivity contribution in [1.29, 1.82) is 0 Å². The van der Waals surface area contributed by atoms with Crippen molar-refractivity contribution < 1.29 is 9.47 Å². The summed E-state index contributed by atoms with van der Waals surface area (Å²) in [5, 5.41) is 0. The van der Waals surface area contributed by atoms with Crippen molar-refractivity contribution in [2.24, 2.45) is 0 Å². The summed E-state index contributed by atoms with van der Waals surface area (Å²) in [6.07, 6.45) is 0. The monoisotopic (exact) mass is 442 g/mol. The summed E-state index contributed by atoms with van der Waals surface area (Å²) in [7, 11) is 3.38. The van der Waals surface area contributed by atoms with Crippen molar-refractivity contribution in [3.8, 4) is 11.5 Å². The molecule has 0 fully saturated rings. The number of rotatable bonds is 4. The average Bonchev–Trinajstić information content (AvgIpc) is 2.87. The third kappa shape index (κ3) is 2.53. The molecule has 2 nitrogen and oxygen atoms in total. The van der Waals surface area contributed by atoms with Crippen molar-refractivity contribution in [3.05, 3.63) is 59.2 Å². The molecule has 22 heavy (non-hydrogen) atoms. The van der Waals surface area contributed by atoms with E-state index in [9.17, 15) is 0 Å². The summed E-state index contributed by atoms with van der Waals surface area (Å²) in [6.45, 7) is 0. The van der Waals surface area contributed by atoms with Crippen LogP contribution in [-0.2, 0) is 4.75 Å². The van der Waals surface area contributed by atoms with Crippen LogP contribution in [0.1, 0.15) is 16.7 Å². The Balaban J connectivity index is 2.17. The van der Waals surface area contributed by atoms with Gasteiger partial charge in [-0.1, -0.05) is 58.7 Å². The second-order valence-corrected chi connectivity index (χ2v) is 7.73. The van der Waals surface area contributed by atoms with E-state index in [2.05, 4.69) is 46.9 Å². The average molecular weight is 442 g/mol. The number of hydrogen-bond donors (Lipinski definition) is 0. The number of methoxy groups -OCH3 is 2. The van der Waals surface area contributed by atoms with Gasteiger partial charge in [0.25, 0.3) is 0 Å². The maximum atomic E-state index is 5.61. The standard InChI is InChI=1S/C17H15IO2S2/c1-19-12-5-3-11(4-6-12)17(10-18)15-9-13(20-2)7-8-14(15)16(21)22-17/h3-9H,10H2,1-2H3. The summed E-state index contributed by atoms with van der Waals surface area (Å²) in [4.78, 5) is 0. The molecule has 0 aromatic heterocycles. The smallest absolute Gasteiger partial charge is 0.119 e. The Labute approximate surface area is 153 Å². The van der Waals surface area contributed by atoms with Gasteiger partial charge in [-0.2, -0.15) is 0 Å². The lowest BCUT2D eigenvalue weighted by atomic mass is 9.89. The normalized spacial score (nSPS) is 19.9. The maximum absolute atomic E-state index is 5.61. The van der Waals surface area contributed by atoms with E-state index >= 15 is 0 Å². The Kier molecular flexibility index (Phi) is 4.66. The molecule has 3 rings (SSSR count). The van der Waals surface area contributed by atoms with Gasteiger partial charge in [-0.05, 0) is 41.5 Å². The van der Waals surface area contributed by atoms with Gasteiger partial charge in [0.2, 0.25) is 0 Å². The largest absolute Gasteiger partial charge is 0.497 e. The number of thiocarbonyl (C=S) groups is 1. The first-order chi connectivity index (χ1) is 10.6. The Morgan fingerprint density at radius 2 is 1.68 bits per heavy atom. The van der Waals surface area contributed by atoms with Crippen molar-refractivity contribution in [3.63, 3.8) is 0 Å². The minimum absolute atomic E-state index is 0.159. The molecular weight excluding hydrogens is 427 g/mol. The lowest BCUT2D eigenvalue weighted by molar-refractivity contribution is 0.413. The third-order valence-corrected chi connectivity index (χ3v) is 7.38. The van der Waals surface area contributed by atoms with E-state index in [1.165, 1.54) is 11.1 Å². The fraction of sp³-hybridized carbons (Fsp3) is 0.235. The quantitative estimate of drug-likeness (QED) is 0.385. The number of benzene rings is 2. The second kappa shape index (κ2) is 6.37. The second-order valence-electron chi connectivity index (χ2n) is 4.99. The fourth-order valence-electron chi connectivity index (χ4n) is 2.68. The first kappa shape index (κ1) is 16.1. The van der Waals surface area contributed by atoms with E-state index in [1.807, 2.05) is 18.2 Å². The minimum Gasteiger partial charge on any atom is -0.497 e. The molecule has 0 amide bonds. The zero-order valence-corrected chi connectivity index (χ0v) is 16.1. The predicted octanol–water partition coefficient (Wildman–Crippen LogP) is 4.80. The molecule has 0 saturated heterocycles. The van der Waals surface area contributed by atoms with Gasteiger partial charge in [-0.3, -0.25) is 0 Å². The van der Waals surface area contributed by atoms with Gasteiger partial charge >= 0.3 is 0 Å². The first-order valence-corrected chi connectivity index (χ1v) is 9.52. The fourth-order valence-corrected chi connectivity index (χ4v) is 5.80. The van der Waals surface area contributed by atoms with Crippen LogP contribution in [0.4, 0.5) is 0 Å². The highest BCUT2D eigenvalue weighted by Crippen LogP contribution is 2.53. The van der Waals surface area contributed by atoms with E-state index in [0.717, 1.165) is 25.7 Å². The highest BCUT2D eigenvalue weighted by atomic mass is 127. The molecule has 1 atom stereocenters. The minimum atomic E-state index is -0.159. The highest BCUT2D eigenvalue weighted by molar-refractivity contribution is 14.1. The molecule has 1 aliphatic heterocycles. The molecule has 0 bridgehead atoms. The van der Waals surface area contributed by atoms with Crippen LogP contribution < -0.4 is 9.47 Å². The number of thioether (sulfide) groups is 1. The van der Waals surface area contributed by atoms with Crippen LogP contribution in [0.15, 0.2) is 42.5 Å².